The molecule has 7 heteroatoms. The highest BCUT2D eigenvalue weighted by Gasteiger charge is 2.53. The molecule has 0 bridgehead atoms. The van der Waals surface area contributed by atoms with Crippen LogP contribution in [0, 0.1) is 0 Å². The zero-order chi connectivity index (χ0) is 16.0. The van der Waals surface area contributed by atoms with E-state index in [1.807, 2.05) is 27.7 Å². The molecular formula is C15H22BFN2O3. The van der Waals surface area contributed by atoms with E-state index in [9.17, 15) is 4.39 Å². The number of hydrogen-bond donors (Lipinski definition) is 0. The number of rotatable bonds is 2. The summed E-state index contributed by atoms with van der Waals surface area (Å²) >= 11 is 0. The topological polar surface area (TPSA) is 57.4 Å². The van der Waals surface area contributed by atoms with E-state index in [0.29, 0.717) is 18.7 Å². The molecule has 0 unspecified atom stereocenters. The summed E-state index contributed by atoms with van der Waals surface area (Å²) in [5.74, 6) is 0.868. The smallest absolute Gasteiger partial charge is 0.428 e. The van der Waals surface area contributed by atoms with Gasteiger partial charge in [-0.05, 0) is 59.0 Å². The Bertz CT molecular complexity index is 545. The molecule has 2 heterocycles. The van der Waals surface area contributed by atoms with Crippen molar-refractivity contribution in [2.75, 3.05) is 0 Å². The van der Waals surface area contributed by atoms with Gasteiger partial charge in [-0.15, -0.1) is 10.2 Å². The van der Waals surface area contributed by atoms with Crippen LogP contribution in [0.4, 0.5) is 4.39 Å². The monoisotopic (exact) mass is 308 g/mol. The molecule has 22 heavy (non-hydrogen) atoms. The molecule has 1 aliphatic heterocycles. The van der Waals surface area contributed by atoms with E-state index >= 15 is 0 Å². The summed E-state index contributed by atoms with van der Waals surface area (Å²) in [6.07, 6.45) is 4.30. The van der Waals surface area contributed by atoms with Gasteiger partial charge in [0.2, 0.25) is 12.3 Å². The second-order valence-corrected chi connectivity index (χ2v) is 7.09. The van der Waals surface area contributed by atoms with Gasteiger partial charge >= 0.3 is 7.12 Å². The molecule has 1 saturated carbocycles. The predicted octanol–water partition coefficient (Wildman–Crippen LogP) is 3.58. The molecule has 0 spiro atoms. The molecule has 0 N–H and O–H groups in total. The standard InChI is InChI=1S/C15H22BFN2O3/c1-14(2)15(3,4)22-16(21-14)12(17)10-5-7-11(8-6-10)13-19-18-9-20-13/h9,11H,5-8H2,1-4H3. The highest BCUT2D eigenvalue weighted by molar-refractivity contribution is 6.53. The minimum atomic E-state index is -0.889. The van der Waals surface area contributed by atoms with E-state index in [1.54, 1.807) is 0 Å². The summed E-state index contributed by atoms with van der Waals surface area (Å²) in [5.41, 5.74) is -0.510. The van der Waals surface area contributed by atoms with Gasteiger partial charge in [0.15, 0.2) is 0 Å². The van der Waals surface area contributed by atoms with Gasteiger partial charge in [-0.25, -0.2) is 4.39 Å². The molecule has 0 aromatic carbocycles. The molecule has 120 valence electrons. The fraction of sp³-hybridized carbons (Fsp3) is 0.733. The Morgan fingerprint density at radius 1 is 1.18 bits per heavy atom. The van der Waals surface area contributed by atoms with Gasteiger partial charge in [-0.2, -0.15) is 0 Å². The summed E-state index contributed by atoms with van der Waals surface area (Å²) in [6, 6.07) is 0. The second kappa shape index (κ2) is 5.46. The summed E-state index contributed by atoms with van der Waals surface area (Å²) < 4.78 is 31.5. The molecule has 0 amide bonds. The summed E-state index contributed by atoms with van der Waals surface area (Å²) in [4.78, 5) is 0. The van der Waals surface area contributed by atoms with Crippen molar-refractivity contribution < 1.29 is 18.1 Å². The van der Waals surface area contributed by atoms with Gasteiger partial charge in [0.25, 0.3) is 0 Å². The van der Waals surface area contributed by atoms with Gasteiger partial charge in [0, 0.05) is 5.92 Å². The van der Waals surface area contributed by atoms with Crippen molar-refractivity contribution in [1.29, 1.82) is 0 Å². The van der Waals surface area contributed by atoms with Crippen LogP contribution in [0.2, 0.25) is 0 Å². The number of allylic oxidation sites excluding steroid dienone is 1. The third-order valence-electron chi connectivity index (χ3n) is 5.11. The fourth-order valence-corrected chi connectivity index (χ4v) is 2.92. The Balaban J connectivity index is 1.68. The van der Waals surface area contributed by atoms with Crippen molar-refractivity contribution in [3.05, 3.63) is 23.6 Å². The zero-order valence-corrected chi connectivity index (χ0v) is 13.6. The summed E-state index contributed by atoms with van der Waals surface area (Å²) in [7, 11) is -0.889. The van der Waals surface area contributed by atoms with Crippen molar-refractivity contribution in [3.63, 3.8) is 0 Å². The van der Waals surface area contributed by atoms with E-state index < -0.39 is 18.3 Å². The number of nitrogens with zero attached hydrogens (tertiary/aromatic N) is 2. The Hall–Kier alpha value is -1.21. The summed E-state index contributed by atoms with van der Waals surface area (Å²) in [5, 5.41) is 7.65. The van der Waals surface area contributed by atoms with E-state index in [0.717, 1.165) is 18.4 Å². The van der Waals surface area contributed by atoms with Crippen molar-refractivity contribution in [2.24, 2.45) is 0 Å². The predicted molar refractivity (Wildman–Crippen MR) is 79.7 cm³/mol. The molecule has 0 atom stereocenters. The average Bonchev–Trinajstić information content (AvgIpc) is 3.05. The molecule has 0 radical (unpaired) electrons. The van der Waals surface area contributed by atoms with Crippen LogP contribution in [-0.2, 0) is 9.31 Å². The van der Waals surface area contributed by atoms with Crippen LogP contribution >= 0.6 is 0 Å². The second-order valence-electron chi connectivity index (χ2n) is 7.09. The quantitative estimate of drug-likeness (QED) is 0.782. The largest absolute Gasteiger partial charge is 0.525 e. The molecule has 2 fully saturated rings. The van der Waals surface area contributed by atoms with Crippen LogP contribution in [0.3, 0.4) is 0 Å². The van der Waals surface area contributed by atoms with Crippen molar-refractivity contribution in [3.8, 4) is 0 Å². The van der Waals surface area contributed by atoms with Crippen LogP contribution in [-0.4, -0.2) is 28.5 Å². The minimum absolute atomic E-state index is 0.220. The minimum Gasteiger partial charge on any atom is -0.428 e. The lowest BCUT2D eigenvalue weighted by atomic mass is 9.77. The number of hydrogen-bond acceptors (Lipinski definition) is 5. The van der Waals surface area contributed by atoms with E-state index in [2.05, 4.69) is 10.2 Å². The first kappa shape index (κ1) is 15.7. The Morgan fingerprint density at radius 3 is 2.27 bits per heavy atom. The normalized spacial score (nSPS) is 27.2. The van der Waals surface area contributed by atoms with Gasteiger partial charge in [-0.1, -0.05) is 0 Å². The third kappa shape index (κ3) is 2.72. The van der Waals surface area contributed by atoms with Crippen LogP contribution < -0.4 is 0 Å². The maximum Gasteiger partial charge on any atom is 0.525 e. The lowest BCUT2D eigenvalue weighted by molar-refractivity contribution is 0.00578. The van der Waals surface area contributed by atoms with Gasteiger partial charge in [0.1, 0.15) is 5.73 Å². The molecule has 1 aromatic heterocycles. The van der Waals surface area contributed by atoms with Crippen molar-refractivity contribution in [1.82, 2.24) is 10.2 Å². The maximum absolute atomic E-state index is 14.7. The molecule has 1 aliphatic carbocycles. The Labute approximate surface area is 130 Å². The summed E-state index contributed by atoms with van der Waals surface area (Å²) in [6.45, 7) is 7.71. The average molecular weight is 308 g/mol. The Morgan fingerprint density at radius 2 is 1.77 bits per heavy atom. The van der Waals surface area contributed by atoms with Crippen LogP contribution in [0.15, 0.2) is 22.1 Å². The molecule has 2 aliphatic rings. The van der Waals surface area contributed by atoms with Gasteiger partial charge in [0.05, 0.1) is 11.2 Å². The molecular weight excluding hydrogens is 286 g/mol. The molecule has 1 aromatic rings. The third-order valence-corrected chi connectivity index (χ3v) is 5.11. The van der Waals surface area contributed by atoms with Crippen LogP contribution in [0.1, 0.15) is 65.2 Å². The lowest BCUT2D eigenvalue weighted by Crippen LogP contribution is -2.41. The first-order valence-corrected chi connectivity index (χ1v) is 7.79. The van der Waals surface area contributed by atoms with Gasteiger partial charge in [-0.3, -0.25) is 0 Å². The highest BCUT2D eigenvalue weighted by atomic mass is 19.1. The van der Waals surface area contributed by atoms with E-state index in [1.165, 1.54) is 6.39 Å². The van der Waals surface area contributed by atoms with Gasteiger partial charge < -0.3 is 13.7 Å². The fourth-order valence-electron chi connectivity index (χ4n) is 2.92. The molecule has 5 nitrogen and oxygen atoms in total. The molecule has 1 saturated heterocycles. The van der Waals surface area contributed by atoms with E-state index in [-0.39, 0.29) is 11.6 Å². The van der Waals surface area contributed by atoms with Crippen LogP contribution in [0.5, 0.6) is 0 Å². The Kier molecular flexibility index (Phi) is 3.89. The maximum atomic E-state index is 14.7. The lowest BCUT2D eigenvalue weighted by Gasteiger charge is -2.32. The SMILES string of the molecule is CC1(C)OB(C(F)=C2CCC(c3nnco3)CC2)OC1(C)C. The van der Waals surface area contributed by atoms with Crippen molar-refractivity contribution in [2.45, 2.75) is 70.5 Å². The van der Waals surface area contributed by atoms with Crippen LogP contribution in [0.25, 0.3) is 0 Å². The van der Waals surface area contributed by atoms with E-state index in [4.69, 9.17) is 13.7 Å². The molecule has 3 rings (SSSR count). The first-order chi connectivity index (χ1) is 10.3. The zero-order valence-electron chi connectivity index (χ0n) is 13.6. The van der Waals surface area contributed by atoms with Crippen molar-refractivity contribution >= 4 is 7.12 Å². The number of aromatic nitrogens is 2. The highest BCUT2D eigenvalue weighted by Crippen LogP contribution is 2.42. The first-order valence-electron chi connectivity index (χ1n) is 7.79. The number of halogens is 1.